The number of carbonyl (C=O) groups is 1. The number of piperidine rings is 1. The van der Waals surface area contributed by atoms with Gasteiger partial charge in [-0.3, -0.25) is 9.69 Å². The molecule has 1 atom stereocenters. The maximum atomic E-state index is 13.0. The number of rotatable bonds is 3. The molecule has 3 rings (SSSR count). The van der Waals surface area contributed by atoms with Crippen LogP contribution in [0.3, 0.4) is 0 Å². The minimum atomic E-state index is -0.263. The van der Waals surface area contributed by atoms with Crippen molar-refractivity contribution in [1.82, 2.24) is 9.80 Å². The number of carbonyl (C=O) groups excluding carboxylic acids is 1. The number of nitrogens with two attached hydrogens (primary N) is 1. The van der Waals surface area contributed by atoms with Crippen LogP contribution in [-0.4, -0.2) is 61.1 Å². The van der Waals surface area contributed by atoms with Crippen molar-refractivity contribution in [3.05, 3.63) is 35.6 Å². The molecule has 5 nitrogen and oxygen atoms in total. The number of ether oxygens (including phenoxy) is 1. The second-order valence-corrected chi connectivity index (χ2v) is 6.36. The molecule has 2 fully saturated rings. The summed E-state index contributed by atoms with van der Waals surface area (Å²) in [6.45, 7) is 3.88. The van der Waals surface area contributed by atoms with E-state index in [-0.39, 0.29) is 23.9 Å². The van der Waals surface area contributed by atoms with Gasteiger partial charge in [0.1, 0.15) is 11.9 Å². The summed E-state index contributed by atoms with van der Waals surface area (Å²) in [7, 11) is 0. The highest BCUT2D eigenvalue weighted by atomic mass is 19.1. The number of halogens is 1. The smallest absolute Gasteiger partial charge is 0.236 e. The summed E-state index contributed by atoms with van der Waals surface area (Å²) in [4.78, 5) is 16.5. The average molecular weight is 321 g/mol. The molecule has 2 saturated heterocycles. The zero-order valence-corrected chi connectivity index (χ0v) is 13.3. The van der Waals surface area contributed by atoms with Crippen molar-refractivity contribution in [1.29, 1.82) is 0 Å². The van der Waals surface area contributed by atoms with Crippen LogP contribution in [0.2, 0.25) is 0 Å². The van der Waals surface area contributed by atoms with Crippen molar-refractivity contribution < 1.29 is 13.9 Å². The molecule has 2 aliphatic rings. The molecule has 1 unspecified atom stereocenters. The van der Waals surface area contributed by atoms with Crippen molar-refractivity contribution in [2.75, 3.05) is 39.3 Å². The van der Waals surface area contributed by atoms with Gasteiger partial charge in [0.15, 0.2) is 0 Å². The predicted octanol–water partition coefficient (Wildman–Crippen LogP) is 1.15. The lowest BCUT2D eigenvalue weighted by Crippen LogP contribution is -2.49. The van der Waals surface area contributed by atoms with Crippen molar-refractivity contribution in [2.24, 2.45) is 5.73 Å². The molecule has 6 heteroatoms. The van der Waals surface area contributed by atoms with Crippen molar-refractivity contribution >= 4 is 5.91 Å². The minimum absolute atomic E-state index is 0.135. The molecular formula is C17H24FN3O2. The van der Waals surface area contributed by atoms with E-state index in [9.17, 15) is 9.18 Å². The van der Waals surface area contributed by atoms with Gasteiger partial charge < -0.3 is 15.4 Å². The van der Waals surface area contributed by atoms with Gasteiger partial charge in [-0.1, -0.05) is 12.1 Å². The van der Waals surface area contributed by atoms with Crippen LogP contribution >= 0.6 is 0 Å². The second kappa shape index (κ2) is 7.38. The van der Waals surface area contributed by atoms with Crippen LogP contribution in [0.4, 0.5) is 4.39 Å². The number of morpholine rings is 1. The molecule has 0 aliphatic carbocycles. The highest BCUT2D eigenvalue weighted by Gasteiger charge is 2.27. The molecule has 2 N–H and O–H groups in total. The number of likely N-dealkylation sites (tertiary alicyclic amines) is 1. The average Bonchev–Trinajstić information content (AvgIpc) is 2.58. The van der Waals surface area contributed by atoms with Crippen LogP contribution in [0.1, 0.15) is 24.5 Å². The number of benzene rings is 1. The molecule has 1 aromatic rings. The summed E-state index contributed by atoms with van der Waals surface area (Å²) in [6.07, 6.45) is 1.73. The summed E-state index contributed by atoms with van der Waals surface area (Å²) in [5.41, 5.74) is 6.81. The Hall–Kier alpha value is -1.50. The van der Waals surface area contributed by atoms with Gasteiger partial charge >= 0.3 is 0 Å². The fraction of sp³-hybridized carbons (Fsp3) is 0.588. The Labute approximate surface area is 136 Å². The zero-order valence-electron chi connectivity index (χ0n) is 13.3. The molecule has 1 aromatic carbocycles. The van der Waals surface area contributed by atoms with E-state index in [1.54, 1.807) is 12.1 Å². The minimum Gasteiger partial charge on any atom is -0.370 e. The second-order valence-electron chi connectivity index (χ2n) is 6.36. The first-order valence-electron chi connectivity index (χ1n) is 8.24. The zero-order chi connectivity index (χ0) is 16.2. The van der Waals surface area contributed by atoms with Crippen LogP contribution in [0.5, 0.6) is 0 Å². The van der Waals surface area contributed by atoms with Crippen LogP contribution in [-0.2, 0) is 9.53 Å². The number of amides is 1. The molecule has 23 heavy (non-hydrogen) atoms. The molecule has 0 spiro atoms. The van der Waals surface area contributed by atoms with E-state index in [1.165, 1.54) is 12.1 Å². The van der Waals surface area contributed by atoms with Gasteiger partial charge in [0, 0.05) is 25.7 Å². The molecule has 0 aromatic heterocycles. The predicted molar refractivity (Wildman–Crippen MR) is 85.3 cm³/mol. The van der Waals surface area contributed by atoms with Crippen molar-refractivity contribution in [3.63, 3.8) is 0 Å². The Kier molecular flexibility index (Phi) is 5.25. The standard InChI is InChI=1S/C17H24FN3O2/c18-14-3-1-13(2-4-14)16-11-21(9-10-23-16)17(22)12-20-7-5-15(19)6-8-20/h1-4,15-16H,5-12,19H2. The molecule has 1 amide bonds. The third kappa shape index (κ3) is 4.28. The van der Waals surface area contributed by atoms with E-state index in [4.69, 9.17) is 10.5 Å². The SMILES string of the molecule is NC1CCN(CC(=O)N2CCOC(c3ccc(F)cc3)C2)CC1. The largest absolute Gasteiger partial charge is 0.370 e. The van der Waals surface area contributed by atoms with Crippen LogP contribution in [0.25, 0.3) is 0 Å². The molecule has 2 aliphatic heterocycles. The molecule has 0 radical (unpaired) electrons. The Morgan fingerprint density at radius 1 is 1.22 bits per heavy atom. The van der Waals surface area contributed by atoms with Gasteiger partial charge in [-0.25, -0.2) is 4.39 Å². The lowest BCUT2D eigenvalue weighted by Gasteiger charge is -2.36. The van der Waals surface area contributed by atoms with E-state index in [0.717, 1.165) is 31.5 Å². The maximum absolute atomic E-state index is 13.0. The van der Waals surface area contributed by atoms with Gasteiger partial charge in [0.2, 0.25) is 5.91 Å². The fourth-order valence-electron chi connectivity index (χ4n) is 3.16. The molecular weight excluding hydrogens is 297 g/mol. The van der Waals surface area contributed by atoms with E-state index >= 15 is 0 Å². The summed E-state index contributed by atoms with van der Waals surface area (Å²) in [5, 5.41) is 0. The fourth-order valence-corrected chi connectivity index (χ4v) is 3.16. The molecule has 0 saturated carbocycles. The van der Waals surface area contributed by atoms with E-state index in [1.807, 2.05) is 4.90 Å². The summed E-state index contributed by atoms with van der Waals surface area (Å²) >= 11 is 0. The van der Waals surface area contributed by atoms with Crippen molar-refractivity contribution in [3.8, 4) is 0 Å². The summed E-state index contributed by atoms with van der Waals surface area (Å²) < 4.78 is 18.8. The summed E-state index contributed by atoms with van der Waals surface area (Å²) in [5.74, 6) is -0.128. The third-order valence-electron chi connectivity index (χ3n) is 4.65. The molecule has 126 valence electrons. The maximum Gasteiger partial charge on any atom is 0.236 e. The Balaban J connectivity index is 1.55. The summed E-state index contributed by atoms with van der Waals surface area (Å²) in [6, 6.07) is 6.57. The topological polar surface area (TPSA) is 58.8 Å². The first kappa shape index (κ1) is 16.4. The first-order valence-corrected chi connectivity index (χ1v) is 8.24. The van der Waals surface area contributed by atoms with Gasteiger partial charge in [-0.2, -0.15) is 0 Å². The van der Waals surface area contributed by atoms with E-state index < -0.39 is 0 Å². The monoisotopic (exact) mass is 321 g/mol. The number of hydrogen-bond acceptors (Lipinski definition) is 4. The van der Waals surface area contributed by atoms with Gasteiger partial charge in [-0.05, 0) is 30.5 Å². The van der Waals surface area contributed by atoms with Crippen LogP contribution < -0.4 is 5.73 Å². The van der Waals surface area contributed by atoms with Crippen molar-refractivity contribution in [2.45, 2.75) is 25.0 Å². The number of nitrogens with zero attached hydrogens (tertiary/aromatic N) is 2. The Bertz CT molecular complexity index is 529. The normalized spacial score (nSPS) is 23.9. The van der Waals surface area contributed by atoms with E-state index in [2.05, 4.69) is 4.90 Å². The lowest BCUT2D eigenvalue weighted by molar-refractivity contribution is -0.140. The van der Waals surface area contributed by atoms with Crippen LogP contribution in [0, 0.1) is 5.82 Å². The van der Waals surface area contributed by atoms with Gasteiger partial charge in [0.05, 0.1) is 19.7 Å². The molecule has 0 bridgehead atoms. The highest BCUT2D eigenvalue weighted by molar-refractivity contribution is 5.78. The first-order chi connectivity index (χ1) is 11.1. The van der Waals surface area contributed by atoms with Crippen LogP contribution in [0.15, 0.2) is 24.3 Å². The Morgan fingerprint density at radius 3 is 2.61 bits per heavy atom. The van der Waals surface area contributed by atoms with Gasteiger partial charge in [-0.15, -0.1) is 0 Å². The lowest BCUT2D eigenvalue weighted by atomic mass is 10.1. The quantitative estimate of drug-likeness (QED) is 0.907. The Morgan fingerprint density at radius 2 is 1.91 bits per heavy atom. The van der Waals surface area contributed by atoms with Gasteiger partial charge in [0.25, 0.3) is 0 Å². The highest BCUT2D eigenvalue weighted by Crippen LogP contribution is 2.22. The third-order valence-corrected chi connectivity index (χ3v) is 4.65. The number of hydrogen-bond donors (Lipinski definition) is 1. The van der Waals surface area contributed by atoms with E-state index in [0.29, 0.717) is 26.2 Å². The molecule has 2 heterocycles.